The zero-order chi connectivity index (χ0) is 33.2. The maximum absolute atomic E-state index is 16.1. The van der Waals surface area contributed by atoms with Crippen molar-refractivity contribution in [1.82, 2.24) is 9.03 Å². The molecule has 0 aromatic carbocycles. The maximum atomic E-state index is 16.1. The van der Waals surface area contributed by atoms with Gasteiger partial charge in [0.2, 0.25) is 20.0 Å². The van der Waals surface area contributed by atoms with Gasteiger partial charge in [0, 0.05) is 19.3 Å². The van der Waals surface area contributed by atoms with Crippen molar-refractivity contribution in [2.75, 3.05) is 58.3 Å². The Morgan fingerprint density at radius 2 is 1.43 bits per heavy atom. The Bertz CT molecular complexity index is 1210. The van der Waals surface area contributed by atoms with Crippen molar-refractivity contribution < 1.29 is 58.1 Å². The Labute approximate surface area is 248 Å². The number of rotatable bonds is 17. The molecule has 6 atom stereocenters. The fraction of sp³-hybridized carbons (Fsp3) is 1.00. The third-order valence-corrected chi connectivity index (χ3v) is 11.5. The van der Waals surface area contributed by atoms with Gasteiger partial charge in [0.15, 0.2) is 9.84 Å². The highest BCUT2D eigenvalue weighted by Crippen LogP contribution is 2.45. The molecular formula is C24H47F3N2O10S3. The molecule has 0 aromatic heterocycles. The quantitative estimate of drug-likeness (QED) is 0.195. The molecule has 1 aliphatic rings. The average Bonchev–Trinajstić information content (AvgIpc) is 2.78. The number of nitrogens with zero attached hydrogens (tertiary/aromatic N) is 1. The molecule has 6 unspecified atom stereocenters. The number of piperidine rings is 1. The summed E-state index contributed by atoms with van der Waals surface area (Å²) in [7, 11) is -11.8. The van der Waals surface area contributed by atoms with E-state index < -0.39 is 102 Å². The van der Waals surface area contributed by atoms with Crippen molar-refractivity contribution in [1.29, 1.82) is 0 Å². The van der Waals surface area contributed by atoms with Crippen LogP contribution in [0.15, 0.2) is 0 Å². The molecule has 1 rings (SSSR count). The predicted octanol–water partition coefficient (Wildman–Crippen LogP) is 0.339. The molecule has 1 heterocycles. The van der Waals surface area contributed by atoms with E-state index in [0.29, 0.717) is 0 Å². The van der Waals surface area contributed by atoms with Crippen LogP contribution in [0.2, 0.25) is 0 Å². The summed E-state index contributed by atoms with van der Waals surface area (Å²) in [5, 5.41) is 18.2. The van der Waals surface area contributed by atoms with Gasteiger partial charge >= 0.3 is 0 Å². The summed E-state index contributed by atoms with van der Waals surface area (Å²) in [6.45, 7) is 1.54. The topological polar surface area (TPSA) is 177 Å². The molecule has 42 heavy (non-hydrogen) atoms. The van der Waals surface area contributed by atoms with Gasteiger partial charge in [-0.05, 0) is 53.4 Å². The average molecular weight is 677 g/mol. The Kier molecular flexibility index (Phi) is 13.0. The predicted molar refractivity (Wildman–Crippen MR) is 152 cm³/mol. The van der Waals surface area contributed by atoms with Gasteiger partial charge < -0.3 is 19.7 Å². The molecule has 1 fully saturated rings. The zero-order valence-electron chi connectivity index (χ0n) is 25.4. The number of hydrogen-bond acceptors (Lipinski definition) is 10. The van der Waals surface area contributed by atoms with E-state index in [9.17, 15) is 39.9 Å². The van der Waals surface area contributed by atoms with Gasteiger partial charge in [-0.3, -0.25) is 0 Å². The Morgan fingerprint density at radius 3 is 1.79 bits per heavy atom. The molecule has 0 bridgehead atoms. The van der Waals surface area contributed by atoms with E-state index in [4.69, 9.17) is 9.47 Å². The molecule has 12 nitrogen and oxygen atoms in total. The van der Waals surface area contributed by atoms with E-state index in [1.807, 2.05) is 0 Å². The van der Waals surface area contributed by atoms with Crippen LogP contribution in [0.25, 0.3) is 0 Å². The van der Waals surface area contributed by atoms with Crippen LogP contribution in [0.1, 0.15) is 47.5 Å². The number of halogens is 3. The van der Waals surface area contributed by atoms with Crippen molar-refractivity contribution in [2.45, 2.75) is 87.5 Å². The monoisotopic (exact) mass is 676 g/mol. The second kappa shape index (κ2) is 13.8. The Morgan fingerprint density at radius 1 is 0.929 bits per heavy atom. The lowest BCUT2D eigenvalue weighted by molar-refractivity contribution is -0.229. The number of sulfonamides is 2. The minimum atomic E-state index is -4.11. The van der Waals surface area contributed by atoms with E-state index in [1.54, 1.807) is 0 Å². The van der Waals surface area contributed by atoms with Crippen LogP contribution in [0.5, 0.6) is 0 Å². The second-order valence-electron chi connectivity index (χ2n) is 12.2. The number of aliphatic hydroxyl groups excluding tert-OH is 2. The van der Waals surface area contributed by atoms with Gasteiger partial charge in [0.05, 0.1) is 51.1 Å². The van der Waals surface area contributed by atoms with Crippen LogP contribution in [0.3, 0.4) is 0 Å². The van der Waals surface area contributed by atoms with Crippen molar-refractivity contribution in [3.63, 3.8) is 0 Å². The molecule has 0 radical (unpaired) electrons. The van der Waals surface area contributed by atoms with Crippen LogP contribution in [-0.2, 0) is 39.4 Å². The van der Waals surface area contributed by atoms with Crippen LogP contribution < -0.4 is 4.72 Å². The lowest BCUT2D eigenvalue weighted by Crippen LogP contribution is -2.65. The summed E-state index contributed by atoms with van der Waals surface area (Å²) < 4.78 is 133. The minimum Gasteiger partial charge on any atom is -0.393 e. The lowest BCUT2D eigenvalue weighted by Gasteiger charge is -2.51. The molecule has 0 saturated carbocycles. The van der Waals surface area contributed by atoms with E-state index >= 15 is 8.78 Å². The smallest absolute Gasteiger partial charge is 0.211 e. The van der Waals surface area contributed by atoms with Gasteiger partial charge in [-0.25, -0.2) is 47.5 Å². The highest BCUT2D eigenvalue weighted by molar-refractivity contribution is 7.91. The number of ether oxygens (including phenoxy) is 2. The second-order valence-corrected chi connectivity index (χ2v) is 18.2. The molecule has 1 saturated heterocycles. The van der Waals surface area contributed by atoms with Crippen LogP contribution in [-0.4, -0.2) is 138 Å². The largest absolute Gasteiger partial charge is 0.393 e. The van der Waals surface area contributed by atoms with E-state index in [1.165, 1.54) is 11.2 Å². The summed E-state index contributed by atoms with van der Waals surface area (Å²) in [4.78, 5) is 0. The lowest BCUT2D eigenvalue weighted by atomic mass is 9.69. The summed E-state index contributed by atoms with van der Waals surface area (Å²) in [6.07, 6.45) is 1.17. The van der Waals surface area contributed by atoms with Gasteiger partial charge in [0.1, 0.15) is 27.9 Å². The SMILES string of the molecule is CC(O)C(OCC(NS(C)(=O)=O)C(C)(F)COCC(C(C)(F)CO)S(C)(=O)=O)(C1CCN(S(C)(=O)=O)CC1)C(C)(C)F. The summed E-state index contributed by atoms with van der Waals surface area (Å²) in [5.74, 6) is -0.757. The van der Waals surface area contributed by atoms with Gasteiger partial charge in [-0.15, -0.1) is 0 Å². The highest BCUT2D eigenvalue weighted by atomic mass is 32.2. The number of hydrogen-bond donors (Lipinski definition) is 3. The van der Waals surface area contributed by atoms with Crippen molar-refractivity contribution >= 4 is 29.9 Å². The third kappa shape index (κ3) is 10.2. The van der Waals surface area contributed by atoms with Crippen LogP contribution in [0, 0.1) is 5.92 Å². The molecule has 18 heteroatoms. The fourth-order valence-electron chi connectivity index (χ4n) is 5.47. The van der Waals surface area contributed by atoms with Crippen molar-refractivity contribution in [2.24, 2.45) is 5.92 Å². The number of sulfone groups is 1. The highest BCUT2D eigenvalue weighted by Gasteiger charge is 2.57. The molecule has 0 aliphatic carbocycles. The summed E-state index contributed by atoms with van der Waals surface area (Å²) in [5.41, 5.74) is -9.56. The number of alkyl halides is 3. The summed E-state index contributed by atoms with van der Waals surface area (Å²) >= 11 is 0. The van der Waals surface area contributed by atoms with Gasteiger partial charge in [0.25, 0.3) is 0 Å². The normalized spacial score (nSPS) is 23.4. The van der Waals surface area contributed by atoms with Crippen LogP contribution in [0.4, 0.5) is 13.2 Å². The summed E-state index contributed by atoms with van der Waals surface area (Å²) in [6, 6.07) is -1.75. The van der Waals surface area contributed by atoms with E-state index in [2.05, 4.69) is 4.72 Å². The van der Waals surface area contributed by atoms with E-state index in [-0.39, 0.29) is 25.9 Å². The first-order chi connectivity index (χ1) is 18.6. The zero-order valence-corrected chi connectivity index (χ0v) is 27.9. The van der Waals surface area contributed by atoms with Crippen LogP contribution >= 0.6 is 0 Å². The van der Waals surface area contributed by atoms with Gasteiger partial charge in [-0.2, -0.15) is 0 Å². The first-order valence-electron chi connectivity index (χ1n) is 13.3. The first kappa shape index (κ1) is 39.4. The number of aliphatic hydroxyl groups is 2. The molecule has 1 aliphatic heterocycles. The fourth-order valence-corrected chi connectivity index (χ4v) is 8.49. The Hall–Kier alpha value is -0.600. The van der Waals surface area contributed by atoms with E-state index in [0.717, 1.165) is 46.5 Å². The van der Waals surface area contributed by atoms with Crippen molar-refractivity contribution in [3.05, 3.63) is 0 Å². The van der Waals surface area contributed by atoms with Crippen molar-refractivity contribution in [3.8, 4) is 0 Å². The molecule has 0 amide bonds. The third-order valence-electron chi connectivity index (χ3n) is 7.80. The molecule has 3 N–H and O–H groups in total. The molecular weight excluding hydrogens is 629 g/mol. The Balaban J connectivity index is 3.32. The maximum Gasteiger partial charge on any atom is 0.211 e. The number of nitrogens with one attached hydrogen (secondary N) is 1. The standard InChI is InChI=1S/C24H47F3N2O10S3/c1-17(31)24(21(2,3)25,18-9-11-29(12-10-18)42(8,36)37)39-13-19(28-41(7,34)35)23(5,27)16-38-14-20(40(6,32)33)22(4,26)15-30/h17-20,28,30-31H,9-16H2,1-8H3. The molecule has 252 valence electrons. The first-order valence-corrected chi connectivity index (χ1v) is 19.0. The molecule has 0 spiro atoms. The molecule has 0 aromatic rings. The van der Waals surface area contributed by atoms with Gasteiger partial charge in [-0.1, -0.05) is 0 Å². The minimum absolute atomic E-state index is 0.0138.